The number of aryl methyl sites for hydroxylation is 2. The molecule has 1 aromatic heterocycles. The molecule has 0 bridgehead atoms. The van der Waals surface area contributed by atoms with Crippen LogP contribution in [0.1, 0.15) is 11.4 Å². The maximum atomic E-state index is 10.4. The quantitative estimate of drug-likeness (QED) is 0.866. The molecule has 5 heteroatoms. The first-order valence-corrected chi connectivity index (χ1v) is 5.54. The van der Waals surface area contributed by atoms with Gasteiger partial charge in [-0.05, 0) is 31.5 Å². The van der Waals surface area contributed by atoms with Gasteiger partial charge in [0.1, 0.15) is 5.75 Å². The first kappa shape index (κ1) is 12.2. The summed E-state index contributed by atoms with van der Waals surface area (Å²) in [6.45, 7) is 3.57. The third kappa shape index (κ3) is 2.51. The van der Waals surface area contributed by atoms with Crippen LogP contribution in [0, 0.1) is 13.8 Å². The second-order valence-corrected chi connectivity index (χ2v) is 4.02. The minimum atomic E-state index is -0.986. The van der Waals surface area contributed by atoms with Crippen LogP contribution < -0.4 is 4.74 Å². The van der Waals surface area contributed by atoms with E-state index in [4.69, 9.17) is 9.84 Å². The number of nitrogens with zero attached hydrogens (tertiary/aromatic N) is 1. The first-order chi connectivity index (χ1) is 8.58. The van der Waals surface area contributed by atoms with E-state index in [0.29, 0.717) is 5.75 Å². The summed E-state index contributed by atoms with van der Waals surface area (Å²) < 4.78 is 5.08. The fourth-order valence-electron chi connectivity index (χ4n) is 1.84. The highest BCUT2D eigenvalue weighted by Gasteiger charge is 2.08. The number of carbonyl (C=O) groups is 1. The number of rotatable bonds is 4. The Bertz CT molecular complexity index is 539. The number of aliphatic carboxylic acids is 1. The van der Waals surface area contributed by atoms with Gasteiger partial charge in [-0.1, -0.05) is 12.1 Å². The number of carboxylic acid groups (broad SMARTS) is 1. The molecule has 1 heterocycles. The minimum absolute atomic E-state index is 0.330. The van der Waals surface area contributed by atoms with Gasteiger partial charge in [0.25, 0.3) is 0 Å². The van der Waals surface area contributed by atoms with E-state index in [0.717, 1.165) is 22.5 Å². The van der Waals surface area contributed by atoms with Crippen LogP contribution in [0.4, 0.5) is 0 Å². The van der Waals surface area contributed by atoms with Gasteiger partial charge < -0.3 is 9.84 Å². The molecule has 0 aliphatic rings. The number of carboxylic acids is 1. The van der Waals surface area contributed by atoms with Gasteiger partial charge in [-0.25, -0.2) is 4.79 Å². The van der Waals surface area contributed by atoms with Crippen LogP contribution in [0.5, 0.6) is 5.75 Å². The molecule has 0 radical (unpaired) electrons. The fourth-order valence-corrected chi connectivity index (χ4v) is 1.84. The second kappa shape index (κ2) is 4.91. The molecule has 2 N–H and O–H groups in total. The van der Waals surface area contributed by atoms with E-state index in [1.807, 2.05) is 26.0 Å². The Labute approximate surface area is 104 Å². The van der Waals surface area contributed by atoms with Crippen molar-refractivity contribution in [2.75, 3.05) is 6.61 Å². The van der Waals surface area contributed by atoms with E-state index in [-0.39, 0.29) is 6.61 Å². The summed E-state index contributed by atoms with van der Waals surface area (Å²) in [7, 11) is 0. The van der Waals surface area contributed by atoms with E-state index in [1.165, 1.54) is 0 Å². The molecule has 0 saturated heterocycles. The molecule has 18 heavy (non-hydrogen) atoms. The lowest BCUT2D eigenvalue weighted by molar-refractivity contribution is -0.139. The number of ether oxygens (including phenoxy) is 1. The molecule has 0 amide bonds. The summed E-state index contributed by atoms with van der Waals surface area (Å²) in [5, 5.41) is 15.6. The van der Waals surface area contributed by atoms with Gasteiger partial charge in [-0.2, -0.15) is 5.10 Å². The molecular formula is C13H14N2O3. The SMILES string of the molecule is Cc1n[nH]c(C)c1-c1ccc(OCC(=O)O)cc1. The summed E-state index contributed by atoms with van der Waals surface area (Å²) in [4.78, 5) is 10.4. The van der Waals surface area contributed by atoms with Gasteiger partial charge in [0.05, 0.1) is 5.69 Å². The summed E-state index contributed by atoms with van der Waals surface area (Å²) >= 11 is 0. The summed E-state index contributed by atoms with van der Waals surface area (Å²) in [5.74, 6) is -0.444. The van der Waals surface area contributed by atoms with Gasteiger partial charge in [0, 0.05) is 11.3 Å². The minimum Gasteiger partial charge on any atom is -0.482 e. The van der Waals surface area contributed by atoms with Crippen LogP contribution in [0.25, 0.3) is 11.1 Å². The van der Waals surface area contributed by atoms with E-state index in [2.05, 4.69) is 10.2 Å². The Morgan fingerprint density at radius 3 is 2.50 bits per heavy atom. The lowest BCUT2D eigenvalue weighted by atomic mass is 10.0. The van der Waals surface area contributed by atoms with Crippen molar-refractivity contribution < 1.29 is 14.6 Å². The first-order valence-electron chi connectivity index (χ1n) is 5.54. The maximum absolute atomic E-state index is 10.4. The Morgan fingerprint density at radius 1 is 1.33 bits per heavy atom. The zero-order chi connectivity index (χ0) is 13.1. The summed E-state index contributed by atoms with van der Waals surface area (Å²) in [5.41, 5.74) is 4.04. The average molecular weight is 246 g/mol. The molecule has 0 aliphatic carbocycles. The third-order valence-corrected chi connectivity index (χ3v) is 2.63. The topological polar surface area (TPSA) is 75.2 Å². The normalized spacial score (nSPS) is 10.3. The van der Waals surface area contributed by atoms with E-state index >= 15 is 0 Å². The molecule has 0 spiro atoms. The van der Waals surface area contributed by atoms with Crippen LogP contribution in [-0.2, 0) is 4.79 Å². The number of aromatic nitrogens is 2. The van der Waals surface area contributed by atoms with Gasteiger partial charge in [-0.3, -0.25) is 5.10 Å². The Balaban J connectivity index is 2.20. The standard InChI is InChI=1S/C13H14N2O3/c1-8-13(9(2)15-14-8)10-3-5-11(6-4-10)18-7-12(16)17/h3-6H,7H2,1-2H3,(H,14,15)(H,16,17). The highest BCUT2D eigenvalue weighted by Crippen LogP contribution is 2.26. The van der Waals surface area contributed by atoms with Crippen molar-refractivity contribution in [3.8, 4) is 16.9 Å². The van der Waals surface area contributed by atoms with Crippen LogP contribution in [-0.4, -0.2) is 27.9 Å². The highest BCUT2D eigenvalue weighted by molar-refractivity contribution is 5.70. The molecule has 0 unspecified atom stereocenters. The molecule has 0 fully saturated rings. The predicted octanol–water partition coefficient (Wildman–Crippen LogP) is 2.16. The van der Waals surface area contributed by atoms with E-state index < -0.39 is 5.97 Å². The Kier molecular flexibility index (Phi) is 3.32. The van der Waals surface area contributed by atoms with Crippen molar-refractivity contribution in [3.63, 3.8) is 0 Å². The van der Waals surface area contributed by atoms with Crippen molar-refractivity contribution in [2.24, 2.45) is 0 Å². The zero-order valence-corrected chi connectivity index (χ0v) is 10.2. The smallest absolute Gasteiger partial charge is 0.341 e. The van der Waals surface area contributed by atoms with Crippen LogP contribution in [0.15, 0.2) is 24.3 Å². The number of hydrogen-bond donors (Lipinski definition) is 2. The molecule has 2 rings (SSSR count). The monoisotopic (exact) mass is 246 g/mol. The second-order valence-electron chi connectivity index (χ2n) is 4.02. The van der Waals surface area contributed by atoms with E-state index in [9.17, 15) is 4.79 Å². The van der Waals surface area contributed by atoms with E-state index in [1.54, 1.807) is 12.1 Å². The Hall–Kier alpha value is -2.30. The molecule has 0 atom stereocenters. The zero-order valence-electron chi connectivity index (χ0n) is 10.2. The van der Waals surface area contributed by atoms with Crippen LogP contribution in [0.2, 0.25) is 0 Å². The fraction of sp³-hybridized carbons (Fsp3) is 0.231. The number of H-pyrrole nitrogens is 1. The average Bonchev–Trinajstić information content (AvgIpc) is 2.67. The molecule has 2 aromatic rings. The van der Waals surface area contributed by atoms with Crippen molar-refractivity contribution >= 4 is 5.97 Å². The van der Waals surface area contributed by atoms with Gasteiger partial charge >= 0.3 is 5.97 Å². The molecule has 5 nitrogen and oxygen atoms in total. The lowest BCUT2D eigenvalue weighted by Gasteiger charge is -2.05. The van der Waals surface area contributed by atoms with Crippen molar-refractivity contribution in [1.29, 1.82) is 0 Å². The van der Waals surface area contributed by atoms with Gasteiger partial charge in [0.2, 0.25) is 0 Å². The summed E-state index contributed by atoms with van der Waals surface area (Å²) in [6, 6.07) is 7.29. The maximum Gasteiger partial charge on any atom is 0.341 e. The molecule has 0 aliphatic heterocycles. The van der Waals surface area contributed by atoms with Crippen molar-refractivity contribution in [1.82, 2.24) is 10.2 Å². The third-order valence-electron chi connectivity index (χ3n) is 2.63. The van der Waals surface area contributed by atoms with Crippen molar-refractivity contribution in [2.45, 2.75) is 13.8 Å². The number of nitrogens with one attached hydrogen (secondary N) is 1. The molecule has 94 valence electrons. The molecular weight excluding hydrogens is 232 g/mol. The Morgan fingerprint density at radius 2 is 2.00 bits per heavy atom. The predicted molar refractivity (Wildman–Crippen MR) is 66.6 cm³/mol. The van der Waals surface area contributed by atoms with Gasteiger partial charge in [-0.15, -0.1) is 0 Å². The summed E-state index contributed by atoms with van der Waals surface area (Å²) in [6.07, 6.45) is 0. The van der Waals surface area contributed by atoms with Gasteiger partial charge in [0.15, 0.2) is 6.61 Å². The largest absolute Gasteiger partial charge is 0.482 e. The highest BCUT2D eigenvalue weighted by atomic mass is 16.5. The lowest BCUT2D eigenvalue weighted by Crippen LogP contribution is -2.09. The molecule has 1 aromatic carbocycles. The number of hydrogen-bond acceptors (Lipinski definition) is 3. The number of benzene rings is 1. The molecule has 0 saturated carbocycles. The van der Waals surface area contributed by atoms with Crippen LogP contribution >= 0.6 is 0 Å². The van der Waals surface area contributed by atoms with Crippen molar-refractivity contribution in [3.05, 3.63) is 35.7 Å². The van der Waals surface area contributed by atoms with Crippen LogP contribution in [0.3, 0.4) is 0 Å². The number of aromatic amines is 1.